The molecule has 1 aliphatic heterocycles. The average Bonchev–Trinajstić information content (AvgIpc) is 3.24. The van der Waals surface area contributed by atoms with E-state index in [-0.39, 0.29) is 8.10 Å². The van der Waals surface area contributed by atoms with Crippen molar-refractivity contribution < 1.29 is 19.6 Å². The van der Waals surface area contributed by atoms with E-state index in [1.165, 1.54) is 16.7 Å². The number of phenols is 1. The summed E-state index contributed by atoms with van der Waals surface area (Å²) in [5.74, 6) is -0.213. The number of aromatic hydroxyl groups is 1. The minimum atomic E-state index is -0.790. The Morgan fingerprint density at radius 3 is 2.55 bits per heavy atom. The summed E-state index contributed by atoms with van der Waals surface area (Å²) in [7, 11) is 1.55. The van der Waals surface area contributed by atoms with Crippen molar-refractivity contribution in [1.29, 1.82) is 0 Å². The van der Waals surface area contributed by atoms with E-state index >= 15 is 0 Å². The van der Waals surface area contributed by atoms with E-state index in [1.54, 1.807) is 79.1 Å². The number of nitrogens with one attached hydrogen (secondary N) is 1. The highest BCUT2D eigenvalue weighted by molar-refractivity contribution is 14.1. The van der Waals surface area contributed by atoms with Crippen LogP contribution in [-0.4, -0.2) is 27.6 Å². The molecular formula is C28H21IN4O6S. The maximum Gasteiger partial charge on any atom is 0.312 e. The van der Waals surface area contributed by atoms with Crippen molar-refractivity contribution in [2.45, 2.75) is 13.0 Å². The van der Waals surface area contributed by atoms with Gasteiger partial charge in [0.25, 0.3) is 11.5 Å². The predicted molar refractivity (Wildman–Crippen MR) is 159 cm³/mol. The summed E-state index contributed by atoms with van der Waals surface area (Å²) in [6, 6.07) is 18.1. The fourth-order valence-electron chi connectivity index (χ4n) is 4.41. The Morgan fingerprint density at radius 1 is 1.20 bits per heavy atom. The Kier molecular flexibility index (Phi) is 7.54. The number of nitro groups is 1. The number of hydrogen-bond donors (Lipinski definition) is 2. The Hall–Kier alpha value is -4.30. The third-order valence-corrected chi connectivity index (χ3v) is 8.09. The van der Waals surface area contributed by atoms with Gasteiger partial charge in [0, 0.05) is 11.8 Å². The number of benzene rings is 3. The largest absolute Gasteiger partial charge is 0.501 e. The lowest BCUT2D eigenvalue weighted by atomic mass is 9.95. The van der Waals surface area contributed by atoms with Crippen LogP contribution < -0.4 is 24.9 Å². The number of allylic oxidation sites excluding steroid dienone is 1. The second-order valence-corrected chi connectivity index (χ2v) is 11.0. The molecule has 0 spiro atoms. The van der Waals surface area contributed by atoms with Gasteiger partial charge < -0.3 is 15.2 Å². The molecule has 202 valence electrons. The molecule has 0 bridgehead atoms. The summed E-state index contributed by atoms with van der Waals surface area (Å²) in [6.45, 7) is 1.72. The van der Waals surface area contributed by atoms with Crippen LogP contribution >= 0.6 is 33.9 Å². The topological polar surface area (TPSA) is 136 Å². The summed E-state index contributed by atoms with van der Waals surface area (Å²) in [5.41, 5.74) is 1.54. The molecule has 0 saturated carbocycles. The number of ether oxygens (including phenoxy) is 1. The summed E-state index contributed by atoms with van der Waals surface area (Å²) >= 11 is 2.91. The van der Waals surface area contributed by atoms with Crippen molar-refractivity contribution in [3.05, 3.63) is 122 Å². The monoisotopic (exact) mass is 668 g/mol. The molecule has 1 aromatic heterocycles. The van der Waals surface area contributed by atoms with Crippen molar-refractivity contribution >= 4 is 57.3 Å². The van der Waals surface area contributed by atoms with Gasteiger partial charge >= 0.3 is 5.69 Å². The van der Waals surface area contributed by atoms with Crippen LogP contribution in [0.15, 0.2) is 87.8 Å². The molecule has 0 aliphatic carbocycles. The van der Waals surface area contributed by atoms with Crippen LogP contribution in [0.3, 0.4) is 0 Å². The van der Waals surface area contributed by atoms with Gasteiger partial charge in [0.05, 0.1) is 37.4 Å². The number of nitrogens with zero attached hydrogens (tertiary/aromatic N) is 3. The zero-order chi connectivity index (χ0) is 28.6. The average molecular weight is 668 g/mol. The van der Waals surface area contributed by atoms with E-state index in [0.29, 0.717) is 38.6 Å². The lowest BCUT2D eigenvalue weighted by Crippen LogP contribution is -2.40. The Labute approximate surface area is 244 Å². The Balaban J connectivity index is 1.68. The number of phenolic OH excluding ortho intramolecular Hbond substituents is 1. The SMILES string of the molecule is COc1ccc([C@H]2C(C(=O)Nc3ccccc3)=C(C)N=c3s/c(=C/c4cc(I)c(O)c([N+](=O)[O-])c4)c(=O)n32)cc1. The Morgan fingerprint density at radius 2 is 1.90 bits per heavy atom. The molecule has 12 heteroatoms. The first kappa shape index (κ1) is 27.3. The van der Waals surface area contributed by atoms with Gasteiger partial charge in [-0.15, -0.1) is 0 Å². The highest BCUT2D eigenvalue weighted by Crippen LogP contribution is 2.33. The lowest BCUT2D eigenvalue weighted by molar-refractivity contribution is -0.386. The molecule has 1 atom stereocenters. The van der Waals surface area contributed by atoms with E-state index in [1.807, 2.05) is 18.2 Å². The van der Waals surface area contributed by atoms with Crippen molar-refractivity contribution in [3.63, 3.8) is 0 Å². The van der Waals surface area contributed by atoms with E-state index in [2.05, 4.69) is 10.3 Å². The highest BCUT2D eigenvalue weighted by atomic mass is 127. The van der Waals surface area contributed by atoms with E-state index < -0.39 is 33.9 Å². The number of carbonyl (C=O) groups excluding carboxylic acids is 1. The number of thiazole rings is 1. The van der Waals surface area contributed by atoms with Gasteiger partial charge in [-0.25, -0.2) is 4.99 Å². The third kappa shape index (κ3) is 5.14. The number of rotatable bonds is 6. The molecule has 1 amide bonds. The minimum Gasteiger partial charge on any atom is -0.501 e. The molecule has 0 unspecified atom stereocenters. The fraction of sp³-hybridized carbons (Fsp3) is 0.107. The summed E-state index contributed by atoms with van der Waals surface area (Å²) in [6.07, 6.45) is 1.52. The van der Waals surface area contributed by atoms with Crippen LogP contribution in [-0.2, 0) is 4.79 Å². The van der Waals surface area contributed by atoms with Crippen molar-refractivity contribution in [2.24, 2.45) is 4.99 Å². The summed E-state index contributed by atoms with van der Waals surface area (Å²) in [4.78, 5) is 43.2. The molecule has 40 heavy (non-hydrogen) atoms. The van der Waals surface area contributed by atoms with Gasteiger partial charge in [0.1, 0.15) is 5.75 Å². The van der Waals surface area contributed by atoms with Crippen LogP contribution in [0.5, 0.6) is 11.5 Å². The molecule has 0 radical (unpaired) electrons. The zero-order valence-corrected chi connectivity index (χ0v) is 24.1. The predicted octanol–water partition coefficient (Wildman–Crippen LogP) is 4.10. The minimum absolute atomic E-state index is 0.269. The number of fused-ring (bicyclic) bond motifs is 1. The normalized spacial score (nSPS) is 14.9. The maximum absolute atomic E-state index is 13.8. The number of methoxy groups -OCH3 is 1. The molecule has 1 aliphatic rings. The molecular weight excluding hydrogens is 647 g/mol. The van der Waals surface area contributed by atoms with Crippen LogP contribution in [0.4, 0.5) is 11.4 Å². The third-order valence-electron chi connectivity index (χ3n) is 6.29. The van der Waals surface area contributed by atoms with Gasteiger partial charge in [-0.2, -0.15) is 0 Å². The number of aromatic nitrogens is 1. The quantitative estimate of drug-likeness (QED) is 0.181. The Bertz CT molecular complexity index is 1860. The number of halogens is 1. The van der Waals surface area contributed by atoms with Crippen molar-refractivity contribution in [1.82, 2.24) is 4.57 Å². The molecule has 3 aromatic carbocycles. The van der Waals surface area contributed by atoms with Crippen molar-refractivity contribution in [3.8, 4) is 11.5 Å². The van der Waals surface area contributed by atoms with Crippen LogP contribution in [0, 0.1) is 13.7 Å². The number of para-hydroxylation sites is 1. The van der Waals surface area contributed by atoms with Crippen molar-refractivity contribution in [2.75, 3.05) is 12.4 Å². The van der Waals surface area contributed by atoms with E-state index in [9.17, 15) is 24.8 Å². The number of amides is 1. The van der Waals surface area contributed by atoms with Gasteiger partial charge in [0.15, 0.2) is 4.80 Å². The first-order chi connectivity index (χ1) is 19.2. The molecule has 0 fully saturated rings. The second kappa shape index (κ2) is 11.1. The van der Waals surface area contributed by atoms with Gasteiger partial charge in [0.2, 0.25) is 5.75 Å². The van der Waals surface area contributed by atoms with E-state index in [0.717, 1.165) is 11.3 Å². The van der Waals surface area contributed by atoms with Gasteiger partial charge in [-0.05, 0) is 77.0 Å². The standard InChI is InChI=1S/C28H21IN4O6S/c1-15-23(26(35)31-18-6-4-3-5-7-18)24(17-8-10-19(39-2)11-9-17)32-27(36)22(40-28(32)30-15)14-16-12-20(29)25(34)21(13-16)33(37)38/h3-14,24,34H,1-2H3,(H,31,35)/b22-14+/t24-/m0/s1. The number of anilines is 1. The van der Waals surface area contributed by atoms with Gasteiger partial charge in [-0.1, -0.05) is 41.7 Å². The first-order valence-corrected chi connectivity index (χ1v) is 13.8. The maximum atomic E-state index is 13.8. The molecule has 0 saturated heterocycles. The van der Waals surface area contributed by atoms with E-state index in [4.69, 9.17) is 4.74 Å². The summed E-state index contributed by atoms with van der Waals surface area (Å²) < 4.78 is 7.30. The zero-order valence-electron chi connectivity index (χ0n) is 21.1. The van der Waals surface area contributed by atoms with Gasteiger partial charge in [-0.3, -0.25) is 24.3 Å². The smallest absolute Gasteiger partial charge is 0.312 e. The lowest BCUT2D eigenvalue weighted by Gasteiger charge is -2.25. The molecule has 4 aromatic rings. The van der Waals surface area contributed by atoms with Crippen LogP contribution in [0.1, 0.15) is 24.1 Å². The first-order valence-electron chi connectivity index (χ1n) is 11.9. The number of nitro benzene ring substituents is 1. The van der Waals surface area contributed by atoms with Crippen LogP contribution in [0.2, 0.25) is 0 Å². The fourth-order valence-corrected chi connectivity index (χ4v) is 6.09. The van der Waals surface area contributed by atoms with Crippen LogP contribution in [0.25, 0.3) is 6.08 Å². The molecule has 5 rings (SSSR count). The molecule has 10 nitrogen and oxygen atoms in total. The highest BCUT2D eigenvalue weighted by Gasteiger charge is 2.32. The summed E-state index contributed by atoms with van der Waals surface area (Å²) in [5, 5.41) is 24.4. The number of carbonyl (C=O) groups is 1. The number of hydrogen-bond acceptors (Lipinski definition) is 8. The molecule has 2 N–H and O–H groups in total. The molecule has 2 heterocycles. The second-order valence-electron chi connectivity index (χ2n) is 8.80.